The summed E-state index contributed by atoms with van der Waals surface area (Å²) < 4.78 is 0. The first-order valence-electron chi connectivity index (χ1n) is 18.5. The van der Waals surface area contributed by atoms with Crippen molar-refractivity contribution in [1.82, 2.24) is 0 Å². The molecule has 0 spiro atoms. The first-order valence-corrected chi connectivity index (χ1v) is 20.5. The molecule has 0 fully saturated rings. The second kappa shape index (κ2) is 13.4. The summed E-state index contributed by atoms with van der Waals surface area (Å²) in [7, 11) is -2.57. The molecule has 8 aromatic carbocycles. The molecule has 254 valence electrons. The van der Waals surface area contributed by atoms with Gasteiger partial charge in [-0.1, -0.05) is 190 Å². The van der Waals surface area contributed by atoms with Crippen molar-refractivity contribution in [2.75, 3.05) is 4.90 Å². The molecule has 1 nitrogen and oxygen atoms in total. The van der Waals surface area contributed by atoms with Crippen LogP contribution in [0.2, 0.25) is 0 Å². The number of benzene rings is 8. The van der Waals surface area contributed by atoms with Crippen molar-refractivity contribution < 1.29 is 0 Å². The van der Waals surface area contributed by atoms with Crippen LogP contribution in [0.5, 0.6) is 0 Å². The van der Waals surface area contributed by atoms with Gasteiger partial charge in [0.2, 0.25) is 0 Å². The van der Waals surface area contributed by atoms with Gasteiger partial charge in [-0.2, -0.15) is 0 Å². The van der Waals surface area contributed by atoms with Gasteiger partial charge < -0.3 is 4.90 Å². The summed E-state index contributed by atoms with van der Waals surface area (Å²) in [6, 6.07) is 78.4. The lowest BCUT2D eigenvalue weighted by Gasteiger charge is -2.34. The molecule has 0 radical (unpaired) electrons. The molecule has 9 rings (SSSR count). The van der Waals surface area contributed by atoms with Crippen molar-refractivity contribution in [3.05, 3.63) is 223 Å². The molecule has 1 aliphatic carbocycles. The predicted octanol–water partition coefficient (Wildman–Crippen LogP) is 10.5. The third kappa shape index (κ3) is 5.55. The highest BCUT2D eigenvalue weighted by atomic mass is 28.3. The van der Waals surface area contributed by atoms with Crippen LogP contribution in [0.3, 0.4) is 0 Å². The predicted molar refractivity (Wildman–Crippen MR) is 228 cm³/mol. The van der Waals surface area contributed by atoms with E-state index in [9.17, 15) is 0 Å². The molecule has 0 amide bonds. The average molecular weight is 696 g/mol. The fourth-order valence-corrected chi connectivity index (χ4v) is 13.4. The van der Waals surface area contributed by atoms with Crippen LogP contribution in [-0.4, -0.2) is 8.07 Å². The standard InChI is InChI=1S/C51H41NSi/c1-51(2)49-26-16-15-25-47(49)48-36-33-42(37-50(48)51)52(40-17-7-3-8-18-40)41-31-27-38(28-32-41)39-29-34-46(35-30-39)53(43-19-9-4-10-20-43,44-21-11-5-12-22-44)45-23-13-6-14-24-45/h3-37H,1-2H3. The second-order valence-electron chi connectivity index (χ2n) is 14.5. The molecule has 2 heteroatoms. The minimum Gasteiger partial charge on any atom is -0.310 e. The second-order valence-corrected chi connectivity index (χ2v) is 18.4. The Kier molecular flexibility index (Phi) is 8.26. The van der Waals surface area contributed by atoms with E-state index in [4.69, 9.17) is 0 Å². The molecular weight excluding hydrogens is 655 g/mol. The summed E-state index contributed by atoms with van der Waals surface area (Å²) >= 11 is 0. The van der Waals surface area contributed by atoms with Crippen molar-refractivity contribution in [2.45, 2.75) is 19.3 Å². The van der Waals surface area contributed by atoms with Crippen LogP contribution in [0, 0.1) is 0 Å². The first kappa shape index (κ1) is 32.7. The molecule has 0 saturated carbocycles. The van der Waals surface area contributed by atoms with Crippen LogP contribution >= 0.6 is 0 Å². The van der Waals surface area contributed by atoms with E-state index in [1.54, 1.807) is 0 Å². The number of hydrogen-bond acceptors (Lipinski definition) is 1. The van der Waals surface area contributed by atoms with Gasteiger partial charge in [0.05, 0.1) is 0 Å². The van der Waals surface area contributed by atoms with E-state index < -0.39 is 8.07 Å². The summed E-state index contributed by atoms with van der Waals surface area (Å²) in [6.07, 6.45) is 0. The lowest BCUT2D eigenvalue weighted by molar-refractivity contribution is 0.660. The molecular formula is C51H41NSi. The van der Waals surface area contributed by atoms with Crippen molar-refractivity contribution in [3.8, 4) is 22.3 Å². The smallest absolute Gasteiger partial charge is 0.179 e. The van der Waals surface area contributed by atoms with Gasteiger partial charge >= 0.3 is 0 Å². The zero-order valence-electron chi connectivity index (χ0n) is 30.2. The highest BCUT2D eigenvalue weighted by Crippen LogP contribution is 2.50. The van der Waals surface area contributed by atoms with Crippen LogP contribution in [0.15, 0.2) is 212 Å². The van der Waals surface area contributed by atoms with E-state index in [1.165, 1.54) is 54.1 Å². The van der Waals surface area contributed by atoms with E-state index in [0.717, 1.165) is 17.1 Å². The van der Waals surface area contributed by atoms with Gasteiger partial charge in [0.1, 0.15) is 0 Å². The van der Waals surface area contributed by atoms with E-state index in [2.05, 4.69) is 231 Å². The Bertz CT molecular complexity index is 2390. The summed E-state index contributed by atoms with van der Waals surface area (Å²) in [6.45, 7) is 4.70. The first-order chi connectivity index (χ1) is 26.0. The maximum absolute atomic E-state index is 2.57. The molecule has 8 aromatic rings. The lowest BCUT2D eigenvalue weighted by Crippen LogP contribution is -2.74. The highest BCUT2D eigenvalue weighted by Gasteiger charge is 2.41. The van der Waals surface area contributed by atoms with Crippen LogP contribution in [0.4, 0.5) is 17.1 Å². The Morgan fingerprint density at radius 3 is 1.28 bits per heavy atom. The third-order valence-electron chi connectivity index (χ3n) is 11.2. The lowest BCUT2D eigenvalue weighted by atomic mass is 9.82. The molecule has 0 bridgehead atoms. The van der Waals surface area contributed by atoms with Gasteiger partial charge in [-0.3, -0.25) is 0 Å². The zero-order chi connectivity index (χ0) is 35.8. The van der Waals surface area contributed by atoms with Gasteiger partial charge in [0.15, 0.2) is 8.07 Å². The molecule has 0 aromatic heterocycles. The Hall–Kier alpha value is -6.22. The van der Waals surface area contributed by atoms with Crippen LogP contribution < -0.4 is 25.6 Å². The molecule has 0 saturated heterocycles. The van der Waals surface area contributed by atoms with E-state index in [0.29, 0.717) is 0 Å². The minimum absolute atomic E-state index is 0.0672. The van der Waals surface area contributed by atoms with Crippen LogP contribution in [0.1, 0.15) is 25.0 Å². The number of fused-ring (bicyclic) bond motifs is 3. The quantitative estimate of drug-likeness (QED) is 0.113. The molecule has 1 aliphatic rings. The monoisotopic (exact) mass is 695 g/mol. The maximum atomic E-state index is 2.40. The molecule has 53 heavy (non-hydrogen) atoms. The number of hydrogen-bond donors (Lipinski definition) is 0. The van der Waals surface area contributed by atoms with Crippen molar-refractivity contribution in [1.29, 1.82) is 0 Å². The fourth-order valence-electron chi connectivity index (χ4n) is 8.64. The Balaban J connectivity index is 1.10. The largest absolute Gasteiger partial charge is 0.310 e. The van der Waals surface area contributed by atoms with Gasteiger partial charge in [-0.25, -0.2) is 0 Å². The molecule has 0 heterocycles. The Morgan fingerprint density at radius 2 is 0.736 bits per heavy atom. The van der Waals surface area contributed by atoms with Gasteiger partial charge in [0, 0.05) is 22.5 Å². The zero-order valence-corrected chi connectivity index (χ0v) is 31.2. The summed E-state index contributed by atoms with van der Waals surface area (Å²) in [4.78, 5) is 2.38. The van der Waals surface area contributed by atoms with Crippen LogP contribution in [0.25, 0.3) is 22.3 Å². The third-order valence-corrected chi connectivity index (χ3v) is 16.0. The SMILES string of the molecule is CC1(C)c2ccccc2-c2ccc(N(c3ccccc3)c3ccc(-c4ccc([Si](c5ccccc5)(c5ccccc5)c5ccccc5)cc4)cc3)cc21. The van der Waals surface area contributed by atoms with Gasteiger partial charge in [0.25, 0.3) is 0 Å². The summed E-state index contributed by atoms with van der Waals surface area (Å²) in [5, 5.41) is 5.52. The number of para-hydroxylation sites is 1. The van der Waals surface area contributed by atoms with Crippen molar-refractivity contribution in [2.24, 2.45) is 0 Å². The molecule has 0 unspecified atom stereocenters. The Morgan fingerprint density at radius 1 is 0.340 bits per heavy atom. The normalized spacial score (nSPS) is 12.9. The highest BCUT2D eigenvalue weighted by molar-refractivity contribution is 7.19. The fraction of sp³-hybridized carbons (Fsp3) is 0.0588. The van der Waals surface area contributed by atoms with Crippen molar-refractivity contribution >= 4 is 45.9 Å². The van der Waals surface area contributed by atoms with Gasteiger partial charge in [-0.15, -0.1) is 0 Å². The molecule has 0 N–H and O–H groups in total. The van der Waals surface area contributed by atoms with E-state index >= 15 is 0 Å². The summed E-state index contributed by atoms with van der Waals surface area (Å²) in [5.74, 6) is 0. The van der Waals surface area contributed by atoms with Gasteiger partial charge in [-0.05, 0) is 90.5 Å². The average Bonchev–Trinajstić information content (AvgIpc) is 3.46. The number of rotatable bonds is 8. The minimum atomic E-state index is -2.57. The van der Waals surface area contributed by atoms with Crippen molar-refractivity contribution in [3.63, 3.8) is 0 Å². The number of anilines is 3. The number of nitrogens with zero attached hydrogens (tertiary/aromatic N) is 1. The summed E-state index contributed by atoms with van der Waals surface area (Å²) in [5.41, 5.74) is 11.2. The van der Waals surface area contributed by atoms with E-state index in [-0.39, 0.29) is 5.41 Å². The van der Waals surface area contributed by atoms with Crippen LogP contribution in [-0.2, 0) is 5.41 Å². The molecule has 0 atom stereocenters. The maximum Gasteiger partial charge on any atom is 0.179 e. The van der Waals surface area contributed by atoms with E-state index in [1.807, 2.05) is 0 Å². The Labute approximate surface area is 314 Å². The topological polar surface area (TPSA) is 3.24 Å². The molecule has 0 aliphatic heterocycles.